The molecule has 0 bridgehead atoms. The molecular weight excluding hydrogens is 386 g/mol. The Kier molecular flexibility index (Phi) is 6.88. The van der Waals surface area contributed by atoms with Crippen LogP contribution in [0.25, 0.3) is 10.8 Å². The summed E-state index contributed by atoms with van der Waals surface area (Å²) >= 11 is 0. The van der Waals surface area contributed by atoms with Gasteiger partial charge in [0.05, 0.1) is 12.3 Å². The number of carbonyl (C=O) groups excluding carboxylic acids is 1. The molecule has 0 unspecified atom stereocenters. The Morgan fingerprint density at radius 3 is 2.45 bits per heavy atom. The van der Waals surface area contributed by atoms with E-state index in [1.54, 1.807) is 6.07 Å². The van der Waals surface area contributed by atoms with E-state index in [0.717, 1.165) is 22.9 Å². The summed E-state index contributed by atoms with van der Waals surface area (Å²) in [7, 11) is -3.58. The molecule has 0 spiro atoms. The summed E-state index contributed by atoms with van der Waals surface area (Å²) in [5.41, 5.74) is 1.93. The number of aryl methyl sites for hydroxylation is 1. The van der Waals surface area contributed by atoms with Crippen molar-refractivity contribution in [3.05, 3.63) is 77.9 Å². The van der Waals surface area contributed by atoms with Crippen molar-refractivity contribution in [2.45, 2.75) is 19.1 Å². The Morgan fingerprint density at radius 1 is 0.966 bits per heavy atom. The fourth-order valence-corrected chi connectivity index (χ4v) is 4.47. The van der Waals surface area contributed by atoms with E-state index in [4.69, 9.17) is 4.74 Å². The SMILES string of the molecule is CCc1ccc(OCCNC(=O)CS(=O)(=O)Cc2cccc3ccccc23)cc1. The zero-order chi connectivity index (χ0) is 20.7. The Hall–Kier alpha value is -2.86. The van der Waals surface area contributed by atoms with E-state index < -0.39 is 21.5 Å². The smallest absolute Gasteiger partial charge is 0.235 e. The molecule has 1 N–H and O–H groups in total. The molecule has 0 aliphatic heterocycles. The van der Waals surface area contributed by atoms with Crippen molar-refractivity contribution >= 4 is 26.5 Å². The topological polar surface area (TPSA) is 72.5 Å². The highest BCUT2D eigenvalue weighted by molar-refractivity contribution is 7.91. The van der Waals surface area contributed by atoms with Crippen LogP contribution in [0.5, 0.6) is 5.75 Å². The van der Waals surface area contributed by atoms with Crippen LogP contribution in [0, 0.1) is 0 Å². The maximum absolute atomic E-state index is 12.5. The van der Waals surface area contributed by atoms with Gasteiger partial charge in [0.2, 0.25) is 5.91 Å². The lowest BCUT2D eigenvalue weighted by Gasteiger charge is -2.10. The van der Waals surface area contributed by atoms with Gasteiger partial charge in [-0.15, -0.1) is 0 Å². The molecule has 152 valence electrons. The molecule has 0 aliphatic carbocycles. The fraction of sp³-hybridized carbons (Fsp3) is 0.261. The number of benzene rings is 3. The van der Waals surface area contributed by atoms with E-state index in [9.17, 15) is 13.2 Å². The van der Waals surface area contributed by atoms with E-state index in [2.05, 4.69) is 12.2 Å². The molecule has 29 heavy (non-hydrogen) atoms. The summed E-state index contributed by atoms with van der Waals surface area (Å²) < 4.78 is 30.5. The highest BCUT2D eigenvalue weighted by Crippen LogP contribution is 2.20. The van der Waals surface area contributed by atoms with Gasteiger partial charge >= 0.3 is 0 Å². The summed E-state index contributed by atoms with van der Waals surface area (Å²) in [6.07, 6.45) is 0.962. The van der Waals surface area contributed by atoms with E-state index in [0.29, 0.717) is 5.56 Å². The third-order valence-electron chi connectivity index (χ3n) is 4.63. The summed E-state index contributed by atoms with van der Waals surface area (Å²) in [4.78, 5) is 12.1. The van der Waals surface area contributed by atoms with Gasteiger partial charge in [0.1, 0.15) is 18.1 Å². The van der Waals surface area contributed by atoms with Crippen molar-refractivity contribution in [2.75, 3.05) is 18.9 Å². The minimum absolute atomic E-state index is 0.165. The van der Waals surface area contributed by atoms with Crippen molar-refractivity contribution in [1.29, 1.82) is 0 Å². The number of hydrogen-bond acceptors (Lipinski definition) is 4. The molecule has 0 aromatic heterocycles. The molecular formula is C23H25NO4S. The van der Waals surface area contributed by atoms with Crippen LogP contribution in [0.15, 0.2) is 66.7 Å². The molecule has 0 saturated carbocycles. The van der Waals surface area contributed by atoms with Crippen LogP contribution in [0.3, 0.4) is 0 Å². The third-order valence-corrected chi connectivity index (χ3v) is 6.08. The summed E-state index contributed by atoms with van der Waals surface area (Å²) in [6, 6.07) is 20.9. The lowest BCUT2D eigenvalue weighted by atomic mass is 10.1. The number of carbonyl (C=O) groups is 1. The minimum Gasteiger partial charge on any atom is -0.492 e. The molecule has 5 nitrogen and oxygen atoms in total. The Bertz CT molecular complexity index is 1070. The van der Waals surface area contributed by atoms with Gasteiger partial charge in [-0.2, -0.15) is 0 Å². The van der Waals surface area contributed by atoms with Crippen LogP contribution in [0.4, 0.5) is 0 Å². The lowest BCUT2D eigenvalue weighted by Crippen LogP contribution is -2.33. The first-order chi connectivity index (χ1) is 14.0. The van der Waals surface area contributed by atoms with E-state index in [1.165, 1.54) is 5.56 Å². The molecule has 0 aliphatic rings. The van der Waals surface area contributed by atoms with Crippen molar-refractivity contribution in [3.63, 3.8) is 0 Å². The normalized spacial score (nSPS) is 11.3. The van der Waals surface area contributed by atoms with Crippen LogP contribution in [-0.2, 0) is 26.8 Å². The summed E-state index contributed by atoms with van der Waals surface area (Å²) in [5, 5.41) is 4.48. The minimum atomic E-state index is -3.58. The second-order valence-corrected chi connectivity index (χ2v) is 8.93. The zero-order valence-electron chi connectivity index (χ0n) is 16.4. The molecule has 0 heterocycles. The predicted molar refractivity (Wildman–Crippen MR) is 116 cm³/mol. The number of amides is 1. The maximum Gasteiger partial charge on any atom is 0.235 e. The quantitative estimate of drug-likeness (QED) is 0.547. The highest BCUT2D eigenvalue weighted by atomic mass is 32.2. The van der Waals surface area contributed by atoms with E-state index >= 15 is 0 Å². The largest absolute Gasteiger partial charge is 0.492 e. The molecule has 0 saturated heterocycles. The average molecular weight is 412 g/mol. The monoisotopic (exact) mass is 411 g/mol. The number of fused-ring (bicyclic) bond motifs is 1. The van der Waals surface area contributed by atoms with Gasteiger partial charge < -0.3 is 10.1 Å². The second kappa shape index (κ2) is 9.56. The first kappa shape index (κ1) is 20.9. The van der Waals surface area contributed by atoms with Crippen molar-refractivity contribution < 1.29 is 17.9 Å². The Labute approximate surface area is 171 Å². The van der Waals surface area contributed by atoms with Crippen LogP contribution < -0.4 is 10.1 Å². The molecule has 3 aromatic carbocycles. The molecule has 3 aromatic rings. The van der Waals surface area contributed by atoms with E-state index in [1.807, 2.05) is 60.7 Å². The lowest BCUT2D eigenvalue weighted by molar-refractivity contribution is -0.118. The molecule has 3 rings (SSSR count). The fourth-order valence-electron chi connectivity index (χ4n) is 3.14. The molecule has 6 heteroatoms. The van der Waals surface area contributed by atoms with Gasteiger partial charge in [0.25, 0.3) is 0 Å². The van der Waals surface area contributed by atoms with Crippen LogP contribution in [0.2, 0.25) is 0 Å². The van der Waals surface area contributed by atoms with Crippen molar-refractivity contribution in [2.24, 2.45) is 0 Å². The number of ether oxygens (including phenoxy) is 1. The van der Waals surface area contributed by atoms with Gasteiger partial charge in [0.15, 0.2) is 9.84 Å². The molecule has 0 atom stereocenters. The number of hydrogen-bond donors (Lipinski definition) is 1. The maximum atomic E-state index is 12.5. The Morgan fingerprint density at radius 2 is 1.69 bits per heavy atom. The van der Waals surface area contributed by atoms with Crippen LogP contribution in [-0.4, -0.2) is 33.2 Å². The standard InChI is InChI=1S/C23H25NO4S/c1-2-18-10-12-21(13-11-18)28-15-14-24-23(25)17-29(26,27)16-20-8-5-7-19-6-3-4-9-22(19)20/h3-13H,2,14-17H2,1H3,(H,24,25). The number of sulfone groups is 1. The van der Waals surface area contributed by atoms with Crippen molar-refractivity contribution in [1.82, 2.24) is 5.32 Å². The van der Waals surface area contributed by atoms with Crippen LogP contribution >= 0.6 is 0 Å². The zero-order valence-corrected chi connectivity index (χ0v) is 17.2. The van der Waals surface area contributed by atoms with Gasteiger partial charge in [0, 0.05) is 0 Å². The van der Waals surface area contributed by atoms with Gasteiger partial charge in [-0.1, -0.05) is 61.5 Å². The Balaban J connectivity index is 1.48. The molecule has 0 radical (unpaired) electrons. The highest BCUT2D eigenvalue weighted by Gasteiger charge is 2.18. The van der Waals surface area contributed by atoms with Gasteiger partial charge in [-0.05, 0) is 40.5 Å². The van der Waals surface area contributed by atoms with E-state index in [-0.39, 0.29) is 18.9 Å². The number of rotatable bonds is 9. The van der Waals surface area contributed by atoms with Gasteiger partial charge in [-0.3, -0.25) is 4.79 Å². The van der Waals surface area contributed by atoms with Crippen molar-refractivity contribution in [3.8, 4) is 5.75 Å². The average Bonchev–Trinajstić information content (AvgIpc) is 2.71. The van der Waals surface area contributed by atoms with Crippen LogP contribution in [0.1, 0.15) is 18.1 Å². The van der Waals surface area contributed by atoms with Gasteiger partial charge in [-0.25, -0.2) is 8.42 Å². The number of nitrogens with one attached hydrogen (secondary N) is 1. The molecule has 1 amide bonds. The first-order valence-electron chi connectivity index (χ1n) is 9.62. The first-order valence-corrected chi connectivity index (χ1v) is 11.4. The molecule has 0 fully saturated rings. The predicted octanol–water partition coefficient (Wildman–Crippen LogP) is 3.51. The summed E-state index contributed by atoms with van der Waals surface area (Å²) in [6.45, 7) is 2.61. The summed E-state index contributed by atoms with van der Waals surface area (Å²) in [5.74, 6) is -0.501. The third kappa shape index (κ3) is 6.06. The second-order valence-electron chi connectivity index (χ2n) is 6.87.